The van der Waals surface area contributed by atoms with Crippen LogP contribution in [0.4, 0.5) is 0 Å². The zero-order valence-electron chi connectivity index (χ0n) is 47.9. The van der Waals surface area contributed by atoms with Crippen molar-refractivity contribution in [2.24, 2.45) is 0 Å². The van der Waals surface area contributed by atoms with Gasteiger partial charge in [0.05, 0.1) is 59.5 Å². The molecule has 0 N–H and O–H groups in total. The van der Waals surface area contributed by atoms with Gasteiger partial charge in [-0.25, -0.2) is 0 Å². The van der Waals surface area contributed by atoms with Crippen molar-refractivity contribution in [3.05, 3.63) is 174 Å². The first-order chi connectivity index (χ1) is 36.2. The number of ether oxygens (including phenoxy) is 8. The van der Waals surface area contributed by atoms with Crippen molar-refractivity contribution >= 4 is 11.3 Å². The molecule has 2 heterocycles. The zero-order valence-corrected chi connectivity index (χ0v) is 48.7. The third-order valence-corrected chi connectivity index (χ3v) is 15.2. The second-order valence-electron chi connectivity index (χ2n) is 24.9. The van der Waals surface area contributed by atoms with Crippen molar-refractivity contribution < 1.29 is 37.9 Å². The predicted octanol–water partition coefficient (Wildman–Crippen LogP) is 14.7. The van der Waals surface area contributed by atoms with Gasteiger partial charge in [0.1, 0.15) is 42.8 Å². The van der Waals surface area contributed by atoms with Gasteiger partial charge in [-0.3, -0.25) is 0 Å². The lowest BCUT2D eigenvalue weighted by atomic mass is 9.79. The summed E-state index contributed by atoms with van der Waals surface area (Å²) in [6.07, 6.45) is 3.14. The molecule has 0 spiro atoms. The summed E-state index contributed by atoms with van der Waals surface area (Å²) in [5, 5.41) is 4.37. The molecule has 0 unspecified atom stereocenters. The van der Waals surface area contributed by atoms with Crippen molar-refractivity contribution in [1.82, 2.24) is 0 Å². The molecule has 2 aliphatic rings. The Bertz CT molecular complexity index is 2700. The standard InChI is InChI=1S/C67H86O8S/c1-64(2,3)56-36-48-32-50-38-57(65(4,5)6)40-52-34-54-42-59(67(10,11)12)43-55(63(54)75-44-46-16-14-13-15-17-46)35-53-41-58(66(7,8)9)39-51(33-49(37-56)60(48)72-20-18-47-19-31-76-45-47)62(53)74-30-28-71-26-24-69-22-21-68-23-25-70-27-29-73-61(50)52/h13-17,19,31,36-43,45H,18,20-30,32-35,44H2,1-12H3. The van der Waals surface area contributed by atoms with Crippen molar-refractivity contribution in [3.8, 4) is 23.0 Å². The summed E-state index contributed by atoms with van der Waals surface area (Å²) in [6.45, 7) is 33.0. The molecule has 1 aliphatic carbocycles. The lowest BCUT2D eigenvalue weighted by Crippen LogP contribution is -2.18. The minimum absolute atomic E-state index is 0.164. The molecule has 1 aromatic heterocycles. The fourth-order valence-electron chi connectivity index (χ4n) is 9.97. The first kappa shape index (κ1) is 57.0. The highest BCUT2D eigenvalue weighted by atomic mass is 32.1. The monoisotopic (exact) mass is 1050 g/mol. The van der Waals surface area contributed by atoms with E-state index in [1.165, 1.54) is 27.8 Å². The van der Waals surface area contributed by atoms with E-state index in [1.54, 1.807) is 11.3 Å². The maximum absolute atomic E-state index is 7.26. The highest BCUT2D eigenvalue weighted by molar-refractivity contribution is 7.07. The molecule has 0 fully saturated rings. The first-order valence-electron chi connectivity index (χ1n) is 27.7. The second-order valence-corrected chi connectivity index (χ2v) is 25.6. The van der Waals surface area contributed by atoms with Gasteiger partial charge in [-0.15, -0.1) is 0 Å². The van der Waals surface area contributed by atoms with Gasteiger partial charge in [-0.2, -0.15) is 11.3 Å². The number of rotatable bonds is 7. The summed E-state index contributed by atoms with van der Waals surface area (Å²) < 4.78 is 53.0. The average molecular weight is 1050 g/mol. The molecule has 0 amide bonds. The molecular weight excluding hydrogens is 965 g/mol. The lowest BCUT2D eigenvalue weighted by molar-refractivity contribution is -0.00706. The van der Waals surface area contributed by atoms with Crippen LogP contribution in [0.15, 0.2) is 95.7 Å². The molecule has 1 aliphatic heterocycles. The van der Waals surface area contributed by atoms with Gasteiger partial charge in [0.15, 0.2) is 0 Å². The quantitative estimate of drug-likeness (QED) is 0.156. The minimum atomic E-state index is -0.172. The summed E-state index contributed by atoms with van der Waals surface area (Å²) in [5.74, 6) is 3.57. The van der Waals surface area contributed by atoms with Gasteiger partial charge in [0.25, 0.3) is 0 Å². The zero-order chi connectivity index (χ0) is 54.1. The summed E-state index contributed by atoms with van der Waals surface area (Å²) >= 11 is 1.73. The van der Waals surface area contributed by atoms with E-state index in [4.69, 9.17) is 37.9 Å². The van der Waals surface area contributed by atoms with Crippen molar-refractivity contribution in [2.45, 2.75) is 143 Å². The van der Waals surface area contributed by atoms with Gasteiger partial charge >= 0.3 is 0 Å². The van der Waals surface area contributed by atoms with Crippen LogP contribution in [0.5, 0.6) is 23.0 Å². The molecule has 0 atom stereocenters. The molecule has 8 nitrogen and oxygen atoms in total. The van der Waals surface area contributed by atoms with Crippen LogP contribution in [0.3, 0.4) is 0 Å². The number of fused-ring (bicyclic) bond motifs is 2. The third kappa shape index (κ3) is 15.3. The maximum Gasteiger partial charge on any atom is 0.126 e. The summed E-state index contributed by atoms with van der Waals surface area (Å²) in [7, 11) is 0. The van der Waals surface area contributed by atoms with Crippen molar-refractivity contribution in [2.75, 3.05) is 72.7 Å². The maximum atomic E-state index is 7.26. The summed E-state index contributed by atoms with van der Waals surface area (Å²) in [4.78, 5) is 0. The molecule has 8 rings (SSSR count). The van der Waals surface area contributed by atoms with Gasteiger partial charge in [-0.1, -0.05) is 162 Å². The van der Waals surface area contributed by atoms with E-state index in [-0.39, 0.29) is 21.7 Å². The molecule has 0 saturated heterocycles. The van der Waals surface area contributed by atoms with Gasteiger partial charge in [0, 0.05) is 32.1 Å². The van der Waals surface area contributed by atoms with E-state index in [9.17, 15) is 0 Å². The Kier molecular flexibility index (Phi) is 18.8. The van der Waals surface area contributed by atoms with Crippen LogP contribution in [-0.2, 0) is 79.3 Å². The van der Waals surface area contributed by atoms with E-state index < -0.39 is 0 Å². The van der Waals surface area contributed by atoms with Crippen LogP contribution in [0.1, 0.15) is 161 Å². The smallest absolute Gasteiger partial charge is 0.126 e. The normalized spacial score (nSPS) is 15.8. The largest absolute Gasteiger partial charge is 0.493 e. The third-order valence-electron chi connectivity index (χ3n) is 14.5. The molecular formula is C67H86O8S. The molecule has 9 heteroatoms. The van der Waals surface area contributed by atoms with E-state index in [1.807, 2.05) is 0 Å². The molecule has 0 radical (unpaired) electrons. The first-order valence-corrected chi connectivity index (χ1v) is 28.7. The van der Waals surface area contributed by atoms with Crippen LogP contribution >= 0.6 is 11.3 Å². The Morgan fingerprint density at radius 3 is 1.08 bits per heavy atom. The highest BCUT2D eigenvalue weighted by Gasteiger charge is 2.30. The predicted molar refractivity (Wildman–Crippen MR) is 310 cm³/mol. The van der Waals surface area contributed by atoms with Crippen LogP contribution in [-0.4, -0.2) is 72.7 Å². The van der Waals surface area contributed by atoms with Crippen LogP contribution in [0.25, 0.3) is 0 Å². The molecule has 408 valence electrons. The average Bonchev–Trinajstić information content (AvgIpc) is 3.88. The molecule has 5 aromatic carbocycles. The fourth-order valence-corrected chi connectivity index (χ4v) is 10.7. The van der Waals surface area contributed by atoms with Gasteiger partial charge in [0.2, 0.25) is 0 Å². The van der Waals surface area contributed by atoms with Gasteiger partial charge in [-0.05, 0) is 116 Å². The molecule has 76 heavy (non-hydrogen) atoms. The van der Waals surface area contributed by atoms with Crippen LogP contribution in [0, 0.1) is 0 Å². The van der Waals surface area contributed by atoms with E-state index in [0.29, 0.717) is 105 Å². The second kappa shape index (κ2) is 25.1. The SMILES string of the molecule is CC(C)(C)c1cc2c(OCCc3ccsc3)c(c1)Cc1cc(C(C)(C)C)cc3c1OCCOCCOCCOCCOCCOc1c(cc(C(C)(C)C)cc1Cc1cc(C(C)(C)C)cc(c1OCc1ccccc1)C3)C2. The molecule has 0 saturated carbocycles. The van der Waals surface area contributed by atoms with Crippen molar-refractivity contribution in [1.29, 1.82) is 0 Å². The van der Waals surface area contributed by atoms with Crippen LogP contribution < -0.4 is 18.9 Å². The van der Waals surface area contributed by atoms with E-state index in [0.717, 1.165) is 79.5 Å². The van der Waals surface area contributed by atoms with Crippen LogP contribution in [0.2, 0.25) is 0 Å². The number of thiophene rings is 1. The van der Waals surface area contributed by atoms with E-state index >= 15 is 0 Å². The Morgan fingerprint density at radius 1 is 0.395 bits per heavy atom. The Morgan fingerprint density at radius 2 is 0.737 bits per heavy atom. The Hall–Kier alpha value is -5.16. The Balaban J connectivity index is 1.45. The summed E-state index contributed by atoms with van der Waals surface area (Å²) in [6, 6.07) is 31.9. The van der Waals surface area contributed by atoms with Gasteiger partial charge < -0.3 is 37.9 Å². The molecule has 6 aromatic rings. The number of hydrogen-bond donors (Lipinski definition) is 0. The minimum Gasteiger partial charge on any atom is -0.493 e. The highest BCUT2D eigenvalue weighted by Crippen LogP contribution is 2.45. The van der Waals surface area contributed by atoms with E-state index in [2.05, 4.69) is 179 Å². The summed E-state index contributed by atoms with van der Waals surface area (Å²) in [5.41, 5.74) is 15.6. The number of benzene rings is 5. The number of hydrogen-bond acceptors (Lipinski definition) is 9. The fraction of sp³-hybridized carbons (Fsp3) is 0.493. The van der Waals surface area contributed by atoms with Crippen molar-refractivity contribution in [3.63, 3.8) is 0 Å². The molecule has 10 bridgehead atoms. The topological polar surface area (TPSA) is 73.8 Å². The Labute approximate surface area is 459 Å². The lowest BCUT2D eigenvalue weighted by Gasteiger charge is -2.29.